The minimum absolute atomic E-state index is 0.237. The van der Waals surface area contributed by atoms with Gasteiger partial charge in [-0.25, -0.2) is 0 Å². The highest BCUT2D eigenvalue weighted by Gasteiger charge is 2.15. The molecule has 0 aliphatic carbocycles. The van der Waals surface area contributed by atoms with Crippen LogP contribution >= 0.6 is 0 Å². The molecule has 0 amide bonds. The van der Waals surface area contributed by atoms with E-state index in [9.17, 15) is 0 Å². The first-order chi connectivity index (χ1) is 6.40. The van der Waals surface area contributed by atoms with E-state index in [0.717, 1.165) is 13.1 Å². The van der Waals surface area contributed by atoms with Crippen LogP contribution in [0.2, 0.25) is 0 Å². The molecule has 0 fully saturated rings. The molecule has 0 aromatic heterocycles. The second-order valence-electron chi connectivity index (χ2n) is 5.15. The lowest BCUT2D eigenvalue weighted by Gasteiger charge is -2.30. The van der Waals surface area contributed by atoms with Crippen molar-refractivity contribution in [2.45, 2.75) is 59.0 Å². The first-order valence-electron chi connectivity index (χ1n) is 5.86. The van der Waals surface area contributed by atoms with Crippen LogP contribution < -0.4 is 5.32 Å². The Hall–Kier alpha value is -0.0800. The predicted octanol–water partition coefficient (Wildman–Crippen LogP) is 2.49. The van der Waals surface area contributed by atoms with Gasteiger partial charge >= 0.3 is 0 Å². The Kier molecular flexibility index (Phi) is 6.38. The van der Waals surface area contributed by atoms with Crippen molar-refractivity contribution in [3.8, 4) is 0 Å². The van der Waals surface area contributed by atoms with Crippen LogP contribution in [0.1, 0.15) is 47.5 Å². The molecule has 0 saturated heterocycles. The molecule has 0 rings (SSSR count). The van der Waals surface area contributed by atoms with E-state index in [2.05, 4.69) is 51.9 Å². The molecule has 0 aromatic rings. The van der Waals surface area contributed by atoms with Crippen LogP contribution in [-0.4, -0.2) is 36.6 Å². The van der Waals surface area contributed by atoms with E-state index in [-0.39, 0.29) is 5.54 Å². The minimum atomic E-state index is 0.237. The number of nitrogens with zero attached hydrogens (tertiary/aromatic N) is 1. The molecule has 1 N–H and O–H groups in total. The van der Waals surface area contributed by atoms with Crippen LogP contribution in [-0.2, 0) is 0 Å². The van der Waals surface area contributed by atoms with Gasteiger partial charge in [-0.15, -0.1) is 0 Å². The van der Waals surface area contributed by atoms with Crippen molar-refractivity contribution in [1.82, 2.24) is 10.2 Å². The van der Waals surface area contributed by atoms with E-state index >= 15 is 0 Å². The molecule has 0 aromatic carbocycles. The quantitative estimate of drug-likeness (QED) is 0.708. The van der Waals surface area contributed by atoms with Crippen LogP contribution in [0.15, 0.2) is 0 Å². The highest BCUT2D eigenvalue weighted by Crippen LogP contribution is 2.06. The van der Waals surface area contributed by atoms with E-state index in [1.807, 2.05) is 0 Å². The highest BCUT2D eigenvalue weighted by molar-refractivity contribution is 4.77. The maximum absolute atomic E-state index is 3.58. The lowest BCUT2D eigenvalue weighted by Crippen LogP contribution is -2.46. The van der Waals surface area contributed by atoms with Crippen LogP contribution in [0, 0.1) is 0 Å². The molecule has 2 heteroatoms. The standard InChI is InChI=1S/C12H28N2/c1-7-9-11(14(6)8-2)10-13-12(3,4)5/h11,13H,7-10H2,1-6H3. The number of nitrogens with one attached hydrogen (secondary N) is 1. The third-order valence-electron chi connectivity index (χ3n) is 2.61. The number of likely N-dealkylation sites (N-methyl/N-ethyl adjacent to an activating group) is 1. The second kappa shape index (κ2) is 6.41. The van der Waals surface area contributed by atoms with Gasteiger partial charge in [-0.05, 0) is 40.8 Å². The highest BCUT2D eigenvalue weighted by atomic mass is 15.1. The fourth-order valence-corrected chi connectivity index (χ4v) is 1.49. The van der Waals surface area contributed by atoms with E-state index in [4.69, 9.17) is 0 Å². The minimum Gasteiger partial charge on any atom is -0.311 e. The van der Waals surface area contributed by atoms with Gasteiger partial charge in [-0.2, -0.15) is 0 Å². The summed E-state index contributed by atoms with van der Waals surface area (Å²) in [5, 5.41) is 3.58. The van der Waals surface area contributed by atoms with Gasteiger partial charge < -0.3 is 10.2 Å². The maximum Gasteiger partial charge on any atom is 0.0217 e. The summed E-state index contributed by atoms with van der Waals surface area (Å²) < 4.78 is 0. The molecule has 1 unspecified atom stereocenters. The summed E-state index contributed by atoms with van der Waals surface area (Å²) in [6.45, 7) is 13.4. The van der Waals surface area contributed by atoms with Gasteiger partial charge in [-0.1, -0.05) is 20.3 Å². The summed E-state index contributed by atoms with van der Waals surface area (Å²) >= 11 is 0. The molecule has 1 atom stereocenters. The molecule has 0 aliphatic rings. The Bertz CT molecular complexity index is 138. The zero-order chi connectivity index (χ0) is 11.2. The summed E-state index contributed by atoms with van der Waals surface area (Å²) in [4.78, 5) is 2.43. The van der Waals surface area contributed by atoms with Crippen molar-refractivity contribution < 1.29 is 0 Å². The van der Waals surface area contributed by atoms with Crippen molar-refractivity contribution in [3.63, 3.8) is 0 Å². The van der Waals surface area contributed by atoms with Gasteiger partial charge in [0, 0.05) is 18.1 Å². The molecule has 0 radical (unpaired) electrons. The van der Waals surface area contributed by atoms with Gasteiger partial charge in [0.1, 0.15) is 0 Å². The van der Waals surface area contributed by atoms with Gasteiger partial charge in [-0.3, -0.25) is 0 Å². The van der Waals surface area contributed by atoms with Gasteiger partial charge in [0.15, 0.2) is 0 Å². The third kappa shape index (κ3) is 6.39. The molecule has 0 spiro atoms. The van der Waals surface area contributed by atoms with Gasteiger partial charge in [0.05, 0.1) is 0 Å². The first kappa shape index (κ1) is 13.9. The Morgan fingerprint density at radius 1 is 1.21 bits per heavy atom. The van der Waals surface area contributed by atoms with Crippen molar-refractivity contribution >= 4 is 0 Å². The first-order valence-corrected chi connectivity index (χ1v) is 5.86. The van der Waals surface area contributed by atoms with E-state index < -0.39 is 0 Å². The number of hydrogen-bond donors (Lipinski definition) is 1. The Balaban J connectivity index is 3.96. The van der Waals surface area contributed by atoms with Crippen LogP contribution in [0.25, 0.3) is 0 Å². The number of hydrogen-bond acceptors (Lipinski definition) is 2. The Morgan fingerprint density at radius 2 is 1.79 bits per heavy atom. The summed E-state index contributed by atoms with van der Waals surface area (Å²) in [5.41, 5.74) is 0.237. The topological polar surface area (TPSA) is 15.3 Å². The normalized spacial score (nSPS) is 14.8. The molecule has 0 saturated carbocycles. The number of rotatable bonds is 6. The van der Waals surface area contributed by atoms with Crippen LogP contribution in [0.3, 0.4) is 0 Å². The maximum atomic E-state index is 3.58. The fourth-order valence-electron chi connectivity index (χ4n) is 1.49. The van der Waals surface area contributed by atoms with Gasteiger partial charge in [0.2, 0.25) is 0 Å². The third-order valence-corrected chi connectivity index (χ3v) is 2.61. The monoisotopic (exact) mass is 200 g/mol. The van der Waals surface area contributed by atoms with Crippen molar-refractivity contribution in [1.29, 1.82) is 0 Å². The molecule has 86 valence electrons. The fraction of sp³-hybridized carbons (Fsp3) is 1.00. The smallest absolute Gasteiger partial charge is 0.0217 e. The SMILES string of the molecule is CCCC(CNC(C)(C)C)N(C)CC. The average molecular weight is 200 g/mol. The predicted molar refractivity (Wildman–Crippen MR) is 64.8 cm³/mol. The van der Waals surface area contributed by atoms with Gasteiger partial charge in [0.25, 0.3) is 0 Å². The summed E-state index contributed by atoms with van der Waals surface area (Å²) in [5.74, 6) is 0. The van der Waals surface area contributed by atoms with Crippen LogP contribution in [0.4, 0.5) is 0 Å². The van der Waals surface area contributed by atoms with Crippen molar-refractivity contribution in [3.05, 3.63) is 0 Å². The second-order valence-corrected chi connectivity index (χ2v) is 5.15. The van der Waals surface area contributed by atoms with E-state index in [1.54, 1.807) is 0 Å². The lowest BCUT2D eigenvalue weighted by atomic mass is 10.1. The molecule has 14 heavy (non-hydrogen) atoms. The van der Waals surface area contributed by atoms with Crippen molar-refractivity contribution in [2.24, 2.45) is 0 Å². The molecule has 0 aliphatic heterocycles. The molecular weight excluding hydrogens is 172 g/mol. The summed E-state index contributed by atoms with van der Waals surface area (Å²) in [6, 6.07) is 0.684. The van der Waals surface area contributed by atoms with E-state index in [1.165, 1.54) is 12.8 Å². The summed E-state index contributed by atoms with van der Waals surface area (Å²) in [7, 11) is 2.21. The lowest BCUT2D eigenvalue weighted by molar-refractivity contribution is 0.219. The van der Waals surface area contributed by atoms with Crippen LogP contribution in [0.5, 0.6) is 0 Å². The zero-order valence-corrected chi connectivity index (χ0v) is 10.9. The Labute approximate surface area is 90.1 Å². The largest absolute Gasteiger partial charge is 0.311 e. The molecule has 2 nitrogen and oxygen atoms in total. The van der Waals surface area contributed by atoms with E-state index in [0.29, 0.717) is 6.04 Å². The zero-order valence-electron chi connectivity index (χ0n) is 10.9. The Morgan fingerprint density at radius 3 is 2.14 bits per heavy atom. The average Bonchev–Trinajstić information content (AvgIpc) is 2.09. The molecule has 0 bridgehead atoms. The molecule has 0 heterocycles. The summed E-state index contributed by atoms with van der Waals surface area (Å²) in [6.07, 6.45) is 2.55. The molecular formula is C12H28N2. The van der Waals surface area contributed by atoms with Crippen molar-refractivity contribution in [2.75, 3.05) is 20.1 Å².